The summed E-state index contributed by atoms with van der Waals surface area (Å²) in [5, 5.41) is 9.73. The highest BCUT2D eigenvalue weighted by Crippen LogP contribution is 2.13. The molecule has 9 heteroatoms. The normalized spacial score (nSPS) is 16.4. The van der Waals surface area contributed by atoms with Gasteiger partial charge in [-0.2, -0.15) is 5.10 Å². The van der Waals surface area contributed by atoms with E-state index < -0.39 is 0 Å². The molecule has 0 aliphatic carbocycles. The molecule has 1 saturated heterocycles. The van der Waals surface area contributed by atoms with E-state index in [9.17, 15) is 9.59 Å². The largest absolute Gasteiger partial charge is 0.376 e. The molecule has 1 aliphatic heterocycles. The van der Waals surface area contributed by atoms with Gasteiger partial charge in [0.15, 0.2) is 0 Å². The fraction of sp³-hybridized carbons (Fsp3) is 0.368. The summed E-state index contributed by atoms with van der Waals surface area (Å²) < 4.78 is 8.77. The number of fused-ring (bicyclic) bond motifs is 1. The Bertz CT molecular complexity index is 1000. The van der Waals surface area contributed by atoms with Crippen LogP contribution in [0.25, 0.3) is 5.65 Å². The second-order valence-corrected chi connectivity index (χ2v) is 6.87. The van der Waals surface area contributed by atoms with E-state index in [0.717, 1.165) is 30.7 Å². The number of anilines is 1. The Balaban J connectivity index is 1.33. The maximum atomic E-state index is 12.5. The number of hydrogen-bond donors (Lipinski definition) is 2. The molecule has 1 aliphatic rings. The smallest absolute Gasteiger partial charge is 0.275 e. The minimum absolute atomic E-state index is 0.0795. The van der Waals surface area contributed by atoms with Crippen molar-refractivity contribution in [3.05, 3.63) is 48.2 Å². The lowest BCUT2D eigenvalue weighted by molar-refractivity contribution is -0.122. The topological polar surface area (TPSA) is 103 Å². The van der Waals surface area contributed by atoms with Crippen molar-refractivity contribution in [1.82, 2.24) is 24.5 Å². The molecule has 1 unspecified atom stereocenters. The van der Waals surface area contributed by atoms with Gasteiger partial charge in [0.25, 0.3) is 5.91 Å². The zero-order chi connectivity index (χ0) is 19.5. The number of carbonyl (C=O) groups excluding carboxylic acids is 2. The standard InChI is InChI=1S/C19H22N6O3/c1-13-4-2-6-24-11-16(23-18(13)24)19(27)22-14-8-21-25(10-14)12-17(26)20-9-15-5-3-7-28-15/h2,4,6,8,10-11,15H,3,5,7,9,12H2,1H3,(H,20,26)(H,22,27). The SMILES string of the molecule is Cc1cccn2cc(C(=O)Nc3cnn(CC(=O)NCC4CCCO4)c3)nc12. The van der Waals surface area contributed by atoms with Gasteiger partial charge in [-0.05, 0) is 31.4 Å². The molecule has 0 aromatic carbocycles. The van der Waals surface area contributed by atoms with E-state index in [1.807, 2.05) is 29.7 Å². The minimum Gasteiger partial charge on any atom is -0.376 e. The Morgan fingerprint density at radius 2 is 2.25 bits per heavy atom. The summed E-state index contributed by atoms with van der Waals surface area (Å²) in [6.07, 6.45) is 8.76. The van der Waals surface area contributed by atoms with Crippen molar-refractivity contribution in [2.45, 2.75) is 32.4 Å². The van der Waals surface area contributed by atoms with Crippen LogP contribution in [0.3, 0.4) is 0 Å². The molecule has 3 aromatic heterocycles. The molecule has 9 nitrogen and oxygen atoms in total. The van der Waals surface area contributed by atoms with Gasteiger partial charge in [-0.1, -0.05) is 6.07 Å². The van der Waals surface area contributed by atoms with Gasteiger partial charge < -0.3 is 19.8 Å². The summed E-state index contributed by atoms with van der Waals surface area (Å²) in [6.45, 7) is 3.29. The summed E-state index contributed by atoms with van der Waals surface area (Å²) in [4.78, 5) is 28.9. The maximum Gasteiger partial charge on any atom is 0.275 e. The van der Waals surface area contributed by atoms with Crippen molar-refractivity contribution < 1.29 is 14.3 Å². The summed E-state index contributed by atoms with van der Waals surface area (Å²) in [6, 6.07) is 3.84. The fourth-order valence-electron chi connectivity index (χ4n) is 3.21. The van der Waals surface area contributed by atoms with Gasteiger partial charge in [-0.25, -0.2) is 4.98 Å². The van der Waals surface area contributed by atoms with Crippen LogP contribution in [0.1, 0.15) is 28.9 Å². The summed E-state index contributed by atoms with van der Waals surface area (Å²) >= 11 is 0. The van der Waals surface area contributed by atoms with Crippen LogP contribution in [0.4, 0.5) is 5.69 Å². The second kappa shape index (κ2) is 7.81. The Morgan fingerprint density at radius 1 is 1.36 bits per heavy atom. The number of imidazole rings is 1. The Kier molecular flexibility index (Phi) is 5.07. The van der Waals surface area contributed by atoms with Crippen LogP contribution in [0.15, 0.2) is 36.9 Å². The van der Waals surface area contributed by atoms with E-state index in [2.05, 4.69) is 20.7 Å². The molecule has 28 heavy (non-hydrogen) atoms. The Morgan fingerprint density at radius 3 is 3.04 bits per heavy atom. The van der Waals surface area contributed by atoms with E-state index in [1.165, 1.54) is 10.9 Å². The number of aryl methyl sites for hydroxylation is 1. The molecule has 4 heterocycles. The molecule has 146 valence electrons. The molecule has 2 amide bonds. The Labute approximate surface area is 161 Å². The maximum absolute atomic E-state index is 12.5. The van der Waals surface area contributed by atoms with Gasteiger partial charge in [0, 0.05) is 31.7 Å². The van der Waals surface area contributed by atoms with Crippen LogP contribution in [-0.2, 0) is 16.1 Å². The minimum atomic E-state index is -0.328. The molecular weight excluding hydrogens is 360 g/mol. The lowest BCUT2D eigenvalue weighted by atomic mass is 10.2. The van der Waals surface area contributed by atoms with Crippen molar-refractivity contribution in [2.24, 2.45) is 0 Å². The molecule has 0 spiro atoms. The molecule has 4 rings (SSSR count). The van der Waals surface area contributed by atoms with Crippen molar-refractivity contribution in [3.63, 3.8) is 0 Å². The number of pyridine rings is 1. The van der Waals surface area contributed by atoms with Gasteiger partial charge in [0.05, 0.1) is 18.0 Å². The van der Waals surface area contributed by atoms with E-state index in [1.54, 1.807) is 12.4 Å². The summed E-state index contributed by atoms with van der Waals surface area (Å²) in [5.74, 6) is -0.474. The van der Waals surface area contributed by atoms with E-state index >= 15 is 0 Å². The number of ether oxygens (including phenoxy) is 1. The first-order chi connectivity index (χ1) is 13.6. The van der Waals surface area contributed by atoms with E-state index in [-0.39, 0.29) is 24.5 Å². The average molecular weight is 382 g/mol. The predicted molar refractivity (Wildman–Crippen MR) is 102 cm³/mol. The third kappa shape index (κ3) is 4.04. The number of nitrogens with zero attached hydrogens (tertiary/aromatic N) is 4. The van der Waals surface area contributed by atoms with Crippen LogP contribution in [-0.4, -0.2) is 50.2 Å². The molecule has 3 aromatic rings. The molecule has 1 atom stereocenters. The number of carbonyl (C=O) groups is 2. The predicted octanol–water partition coefficient (Wildman–Crippen LogP) is 1.39. The molecule has 2 N–H and O–H groups in total. The first kappa shape index (κ1) is 18.2. The van der Waals surface area contributed by atoms with Crippen LogP contribution < -0.4 is 10.6 Å². The van der Waals surface area contributed by atoms with Gasteiger partial charge in [-0.15, -0.1) is 0 Å². The summed E-state index contributed by atoms with van der Waals surface area (Å²) in [7, 11) is 0. The van der Waals surface area contributed by atoms with Crippen LogP contribution >= 0.6 is 0 Å². The van der Waals surface area contributed by atoms with E-state index in [4.69, 9.17) is 4.74 Å². The highest BCUT2D eigenvalue weighted by molar-refractivity contribution is 6.03. The lowest BCUT2D eigenvalue weighted by Gasteiger charge is -2.10. The average Bonchev–Trinajstić information content (AvgIpc) is 3.41. The van der Waals surface area contributed by atoms with Gasteiger partial charge >= 0.3 is 0 Å². The third-order valence-corrected chi connectivity index (χ3v) is 4.66. The monoisotopic (exact) mass is 382 g/mol. The molecule has 1 fully saturated rings. The fourth-order valence-corrected chi connectivity index (χ4v) is 3.21. The zero-order valence-electron chi connectivity index (χ0n) is 15.6. The van der Waals surface area contributed by atoms with Crippen molar-refractivity contribution in [1.29, 1.82) is 0 Å². The van der Waals surface area contributed by atoms with Crippen molar-refractivity contribution >= 4 is 23.1 Å². The lowest BCUT2D eigenvalue weighted by Crippen LogP contribution is -2.34. The van der Waals surface area contributed by atoms with Crippen molar-refractivity contribution in [3.8, 4) is 0 Å². The van der Waals surface area contributed by atoms with Crippen LogP contribution in [0, 0.1) is 6.92 Å². The molecule has 0 bridgehead atoms. The zero-order valence-corrected chi connectivity index (χ0v) is 15.6. The van der Waals surface area contributed by atoms with Gasteiger partial charge in [0.1, 0.15) is 17.9 Å². The van der Waals surface area contributed by atoms with Gasteiger partial charge in [0.2, 0.25) is 5.91 Å². The van der Waals surface area contributed by atoms with Crippen LogP contribution in [0.5, 0.6) is 0 Å². The number of amides is 2. The highest BCUT2D eigenvalue weighted by Gasteiger charge is 2.17. The van der Waals surface area contributed by atoms with E-state index in [0.29, 0.717) is 17.9 Å². The molecular formula is C19H22N6O3. The number of aromatic nitrogens is 4. The molecule has 0 saturated carbocycles. The number of rotatable bonds is 6. The first-order valence-corrected chi connectivity index (χ1v) is 9.25. The number of nitrogens with one attached hydrogen (secondary N) is 2. The summed E-state index contributed by atoms with van der Waals surface area (Å²) in [5.41, 5.74) is 2.55. The van der Waals surface area contributed by atoms with Crippen molar-refractivity contribution in [2.75, 3.05) is 18.5 Å². The highest BCUT2D eigenvalue weighted by atomic mass is 16.5. The quantitative estimate of drug-likeness (QED) is 0.671. The molecule has 0 radical (unpaired) electrons. The Hall–Kier alpha value is -3.20. The second-order valence-electron chi connectivity index (χ2n) is 6.87. The first-order valence-electron chi connectivity index (χ1n) is 9.25. The number of hydrogen-bond acceptors (Lipinski definition) is 5. The third-order valence-electron chi connectivity index (χ3n) is 4.66. The van der Waals surface area contributed by atoms with Gasteiger partial charge in [-0.3, -0.25) is 14.3 Å². The van der Waals surface area contributed by atoms with Crippen LogP contribution in [0.2, 0.25) is 0 Å².